The van der Waals surface area contributed by atoms with Crippen LogP contribution in [0.1, 0.15) is 42.2 Å². The third-order valence-electron chi connectivity index (χ3n) is 6.04. The molecule has 27 heavy (non-hydrogen) atoms. The highest BCUT2D eigenvalue weighted by molar-refractivity contribution is 5.78. The quantitative estimate of drug-likeness (QED) is 0.804. The van der Waals surface area contributed by atoms with Crippen LogP contribution in [0.4, 0.5) is 0 Å². The van der Waals surface area contributed by atoms with Gasteiger partial charge in [0.25, 0.3) is 0 Å². The van der Waals surface area contributed by atoms with Crippen molar-refractivity contribution in [3.05, 3.63) is 47.2 Å². The van der Waals surface area contributed by atoms with Crippen LogP contribution in [0.25, 0.3) is 0 Å². The highest BCUT2D eigenvalue weighted by Gasteiger charge is 2.59. The van der Waals surface area contributed by atoms with E-state index in [1.807, 2.05) is 18.2 Å². The average molecular weight is 370 g/mol. The molecule has 144 valence electrons. The van der Waals surface area contributed by atoms with E-state index >= 15 is 0 Å². The van der Waals surface area contributed by atoms with Gasteiger partial charge in [-0.2, -0.15) is 0 Å². The zero-order valence-electron chi connectivity index (χ0n) is 15.9. The summed E-state index contributed by atoms with van der Waals surface area (Å²) in [5, 5.41) is 11.4. The van der Waals surface area contributed by atoms with Gasteiger partial charge >= 0.3 is 0 Å². The fourth-order valence-corrected chi connectivity index (χ4v) is 4.41. The molecule has 1 aliphatic heterocycles. The van der Waals surface area contributed by atoms with Gasteiger partial charge in [-0.05, 0) is 43.2 Å². The van der Waals surface area contributed by atoms with E-state index < -0.39 is 0 Å². The summed E-state index contributed by atoms with van der Waals surface area (Å²) in [5.74, 6) is 1.64. The van der Waals surface area contributed by atoms with Crippen molar-refractivity contribution in [1.29, 1.82) is 0 Å². The van der Waals surface area contributed by atoms with Crippen molar-refractivity contribution < 1.29 is 13.9 Å². The first-order valence-electron chi connectivity index (χ1n) is 9.51. The number of fused-ring (bicyclic) bond motifs is 1. The summed E-state index contributed by atoms with van der Waals surface area (Å²) in [6.07, 6.45) is 3.16. The molecule has 1 N–H and O–H groups in total. The fraction of sp³-hybridized carbons (Fsp3) is 0.550. The second-order valence-corrected chi connectivity index (χ2v) is 7.51. The van der Waals surface area contributed by atoms with E-state index in [0.29, 0.717) is 37.4 Å². The maximum atomic E-state index is 12.6. The van der Waals surface area contributed by atoms with Crippen molar-refractivity contribution in [1.82, 2.24) is 20.4 Å². The lowest BCUT2D eigenvalue weighted by Gasteiger charge is -2.47. The smallest absolute Gasteiger partial charge is 0.242 e. The molecule has 2 aromatic rings. The summed E-state index contributed by atoms with van der Waals surface area (Å²) < 4.78 is 11.0. The monoisotopic (exact) mass is 370 g/mol. The number of rotatable bonds is 7. The van der Waals surface area contributed by atoms with Crippen molar-refractivity contribution in [2.24, 2.45) is 5.92 Å². The van der Waals surface area contributed by atoms with Gasteiger partial charge in [-0.3, -0.25) is 9.69 Å². The van der Waals surface area contributed by atoms with Gasteiger partial charge in [0.15, 0.2) is 0 Å². The molecule has 0 radical (unpaired) electrons. The number of hydrogen-bond acceptors (Lipinski definition) is 6. The first-order chi connectivity index (χ1) is 13.1. The van der Waals surface area contributed by atoms with E-state index in [1.54, 1.807) is 7.11 Å². The Morgan fingerprint density at radius 1 is 1.37 bits per heavy atom. The molecular formula is C20H26N4O3. The van der Waals surface area contributed by atoms with Gasteiger partial charge in [-0.15, -0.1) is 10.2 Å². The molecule has 1 amide bonds. The van der Waals surface area contributed by atoms with Crippen LogP contribution in [0.3, 0.4) is 0 Å². The van der Waals surface area contributed by atoms with Gasteiger partial charge in [0.1, 0.15) is 12.1 Å². The van der Waals surface area contributed by atoms with Crippen LogP contribution >= 0.6 is 0 Å². The Labute approximate surface area is 159 Å². The number of carbonyl (C=O) groups is 1. The minimum atomic E-state index is -0.279. The molecule has 0 bridgehead atoms. The molecule has 1 aromatic carbocycles. The second-order valence-electron chi connectivity index (χ2n) is 7.51. The van der Waals surface area contributed by atoms with Crippen molar-refractivity contribution in [3.8, 4) is 0 Å². The number of amides is 1. The third kappa shape index (κ3) is 3.26. The van der Waals surface area contributed by atoms with E-state index in [-0.39, 0.29) is 11.4 Å². The predicted octanol–water partition coefficient (Wildman–Crippen LogP) is 2.15. The van der Waals surface area contributed by atoms with Gasteiger partial charge in [-0.25, -0.2) is 0 Å². The van der Waals surface area contributed by atoms with Crippen LogP contribution in [0.2, 0.25) is 0 Å². The zero-order valence-corrected chi connectivity index (χ0v) is 15.9. The van der Waals surface area contributed by atoms with Gasteiger partial charge in [-0.1, -0.05) is 24.3 Å². The standard InChI is InChI=1S/C20H26N4O3/c1-14-5-3-4-6-15(14)11-21-17(25)12-24-10-8-16-7-9-20(16,24)19-23-22-18(27-19)13-26-2/h3-6,16H,7-13H2,1-2H3,(H,21,25)/t16-,20-/m0/s1. The van der Waals surface area contributed by atoms with Crippen molar-refractivity contribution >= 4 is 5.91 Å². The number of benzene rings is 1. The number of hydrogen-bond donors (Lipinski definition) is 1. The van der Waals surface area contributed by atoms with E-state index in [1.165, 1.54) is 5.56 Å². The van der Waals surface area contributed by atoms with E-state index in [4.69, 9.17) is 9.15 Å². The molecule has 1 saturated heterocycles. The molecule has 2 aliphatic rings. The van der Waals surface area contributed by atoms with E-state index in [9.17, 15) is 4.79 Å². The number of nitrogens with one attached hydrogen (secondary N) is 1. The summed E-state index contributed by atoms with van der Waals surface area (Å²) in [6, 6.07) is 8.11. The van der Waals surface area contributed by atoms with Crippen molar-refractivity contribution in [3.63, 3.8) is 0 Å². The average Bonchev–Trinajstić information content (AvgIpc) is 3.18. The van der Waals surface area contributed by atoms with Crippen LogP contribution in [0.5, 0.6) is 0 Å². The molecule has 2 heterocycles. The number of ether oxygens (including phenoxy) is 1. The highest BCUT2D eigenvalue weighted by atomic mass is 16.5. The Bertz CT molecular complexity index is 821. The molecule has 0 unspecified atom stereocenters. The summed E-state index contributed by atoms with van der Waals surface area (Å²) >= 11 is 0. The van der Waals surface area contributed by atoms with Crippen LogP contribution in [-0.2, 0) is 28.2 Å². The molecule has 4 rings (SSSR count). The molecule has 7 heteroatoms. The number of aromatic nitrogens is 2. The highest BCUT2D eigenvalue weighted by Crippen LogP contribution is 2.56. The maximum Gasteiger partial charge on any atom is 0.242 e. The lowest BCUT2D eigenvalue weighted by molar-refractivity contribution is -0.125. The molecule has 0 spiro atoms. The Morgan fingerprint density at radius 2 is 2.22 bits per heavy atom. The molecule has 2 fully saturated rings. The maximum absolute atomic E-state index is 12.6. The zero-order chi connectivity index (χ0) is 18.9. The molecule has 1 aliphatic carbocycles. The van der Waals surface area contributed by atoms with Gasteiger partial charge < -0.3 is 14.5 Å². The molecule has 1 aromatic heterocycles. The van der Waals surface area contributed by atoms with E-state index in [0.717, 1.165) is 31.4 Å². The summed E-state index contributed by atoms with van der Waals surface area (Å²) in [4.78, 5) is 14.8. The van der Waals surface area contributed by atoms with Gasteiger partial charge in [0.2, 0.25) is 17.7 Å². The Balaban J connectivity index is 1.43. The number of aryl methyl sites for hydroxylation is 1. The molecule has 2 atom stereocenters. The fourth-order valence-electron chi connectivity index (χ4n) is 4.41. The normalized spacial score (nSPS) is 24.4. The van der Waals surface area contributed by atoms with Crippen LogP contribution < -0.4 is 5.32 Å². The largest absolute Gasteiger partial charge is 0.421 e. The first kappa shape index (κ1) is 18.1. The summed E-state index contributed by atoms with van der Waals surface area (Å²) in [7, 11) is 1.61. The number of nitrogens with zero attached hydrogens (tertiary/aromatic N) is 3. The number of likely N-dealkylation sites (tertiary alicyclic amines) is 1. The Hall–Kier alpha value is -2.25. The minimum Gasteiger partial charge on any atom is -0.421 e. The third-order valence-corrected chi connectivity index (χ3v) is 6.04. The molecule has 7 nitrogen and oxygen atoms in total. The Kier molecular flexibility index (Phi) is 4.97. The van der Waals surface area contributed by atoms with Crippen LogP contribution in [-0.4, -0.2) is 41.2 Å². The Morgan fingerprint density at radius 3 is 2.96 bits per heavy atom. The van der Waals surface area contributed by atoms with Crippen LogP contribution in [0, 0.1) is 12.8 Å². The predicted molar refractivity (Wildman–Crippen MR) is 98.6 cm³/mol. The lowest BCUT2D eigenvalue weighted by Crippen LogP contribution is -2.54. The number of methoxy groups -OCH3 is 1. The lowest BCUT2D eigenvalue weighted by atomic mass is 9.67. The topological polar surface area (TPSA) is 80.5 Å². The number of carbonyl (C=O) groups excluding carboxylic acids is 1. The SMILES string of the molecule is COCc1nnc([C@]23CC[C@H]2CCN3CC(=O)NCc2ccccc2C)o1. The van der Waals surface area contributed by atoms with Gasteiger partial charge in [0, 0.05) is 20.2 Å². The first-order valence-corrected chi connectivity index (χ1v) is 9.51. The summed E-state index contributed by atoms with van der Waals surface area (Å²) in [5.41, 5.74) is 2.05. The van der Waals surface area contributed by atoms with Crippen LogP contribution in [0.15, 0.2) is 28.7 Å². The minimum absolute atomic E-state index is 0.0295. The summed E-state index contributed by atoms with van der Waals surface area (Å²) in [6.45, 7) is 4.15. The molecule has 1 saturated carbocycles. The van der Waals surface area contributed by atoms with E-state index in [2.05, 4.69) is 33.4 Å². The van der Waals surface area contributed by atoms with Crippen molar-refractivity contribution in [2.45, 2.75) is 44.9 Å². The van der Waals surface area contributed by atoms with Crippen molar-refractivity contribution in [2.75, 3.05) is 20.2 Å². The second kappa shape index (κ2) is 7.40. The van der Waals surface area contributed by atoms with Gasteiger partial charge in [0.05, 0.1) is 6.54 Å². The molecular weight excluding hydrogens is 344 g/mol.